The van der Waals surface area contributed by atoms with Gasteiger partial charge in [0.2, 0.25) is 0 Å². The first-order chi connectivity index (χ1) is 29.0. The van der Waals surface area contributed by atoms with E-state index in [1.165, 1.54) is 54.8 Å². The number of nitrogens with zero attached hydrogens (tertiary/aromatic N) is 3. The van der Waals surface area contributed by atoms with Crippen molar-refractivity contribution < 1.29 is 4.42 Å². The van der Waals surface area contributed by atoms with Crippen molar-refractivity contribution >= 4 is 76.2 Å². The van der Waals surface area contributed by atoms with Crippen LogP contribution in [-0.4, -0.2) is 14.5 Å². The lowest BCUT2D eigenvalue weighted by Crippen LogP contribution is -2.15. The first-order valence-corrected chi connectivity index (χ1v) is 20.3. The third-order valence-electron chi connectivity index (χ3n) is 13.0. The predicted molar refractivity (Wildman–Crippen MR) is 245 cm³/mol. The van der Waals surface area contributed by atoms with Gasteiger partial charge in [-0.3, -0.25) is 0 Å². The maximum Gasteiger partial charge on any atom is 0.161 e. The van der Waals surface area contributed by atoms with Crippen LogP contribution in [0.5, 0.6) is 0 Å². The molecule has 0 saturated heterocycles. The summed E-state index contributed by atoms with van der Waals surface area (Å²) in [6, 6.07) is 63.3. The highest BCUT2D eigenvalue weighted by Gasteiger charge is 2.38. The Kier molecular flexibility index (Phi) is 6.48. The van der Waals surface area contributed by atoms with Gasteiger partial charge in [-0.1, -0.05) is 129 Å². The summed E-state index contributed by atoms with van der Waals surface area (Å²) in [5, 5.41) is 10.6. The van der Waals surface area contributed by atoms with Gasteiger partial charge in [0.05, 0.1) is 27.9 Å². The van der Waals surface area contributed by atoms with Gasteiger partial charge >= 0.3 is 0 Å². The second kappa shape index (κ2) is 11.7. The Hall–Kier alpha value is -7.56. The van der Waals surface area contributed by atoms with E-state index >= 15 is 0 Å². The van der Waals surface area contributed by atoms with Crippen molar-refractivity contribution in [2.75, 3.05) is 0 Å². The van der Waals surface area contributed by atoms with Crippen molar-refractivity contribution in [3.05, 3.63) is 187 Å². The van der Waals surface area contributed by atoms with Crippen LogP contribution < -0.4 is 0 Å². The van der Waals surface area contributed by atoms with Crippen LogP contribution in [0.2, 0.25) is 0 Å². The number of furan rings is 1. The van der Waals surface area contributed by atoms with Gasteiger partial charge in [-0.25, -0.2) is 9.97 Å². The molecule has 0 N–H and O–H groups in total. The summed E-state index contributed by atoms with van der Waals surface area (Å²) in [4.78, 5) is 10.6. The summed E-state index contributed by atoms with van der Waals surface area (Å²) in [5.41, 5.74) is 14.4. The highest BCUT2D eigenvalue weighted by atomic mass is 16.3. The highest BCUT2D eigenvalue weighted by molar-refractivity contribution is 6.14. The molecule has 0 bridgehead atoms. The molecule has 4 nitrogen and oxygen atoms in total. The zero-order valence-corrected chi connectivity index (χ0v) is 32.5. The monoisotopic (exact) mass is 753 g/mol. The average molecular weight is 754 g/mol. The van der Waals surface area contributed by atoms with E-state index in [0.717, 1.165) is 66.1 Å². The van der Waals surface area contributed by atoms with Gasteiger partial charge in [0.1, 0.15) is 11.2 Å². The van der Waals surface area contributed by atoms with E-state index in [1.807, 2.05) is 12.1 Å². The van der Waals surface area contributed by atoms with Crippen LogP contribution >= 0.6 is 0 Å². The van der Waals surface area contributed by atoms with Gasteiger partial charge in [-0.15, -0.1) is 0 Å². The molecule has 0 atom stereocenters. The zero-order valence-electron chi connectivity index (χ0n) is 32.5. The van der Waals surface area contributed by atoms with Gasteiger partial charge < -0.3 is 8.98 Å². The van der Waals surface area contributed by atoms with Crippen LogP contribution in [0.4, 0.5) is 0 Å². The smallest absolute Gasteiger partial charge is 0.161 e. The number of aromatic nitrogens is 3. The molecule has 0 saturated carbocycles. The van der Waals surface area contributed by atoms with Crippen molar-refractivity contribution in [1.29, 1.82) is 0 Å². The average Bonchev–Trinajstić information content (AvgIpc) is 3.89. The van der Waals surface area contributed by atoms with Crippen LogP contribution in [0.15, 0.2) is 180 Å². The maximum absolute atomic E-state index is 6.19. The van der Waals surface area contributed by atoms with E-state index < -0.39 is 0 Å². The van der Waals surface area contributed by atoms with Crippen molar-refractivity contribution in [2.24, 2.45) is 0 Å². The van der Waals surface area contributed by atoms with Gasteiger partial charge in [0, 0.05) is 48.9 Å². The lowest BCUT2D eigenvalue weighted by Gasteiger charge is -2.23. The molecule has 59 heavy (non-hydrogen) atoms. The Labute approximate surface area is 339 Å². The first kappa shape index (κ1) is 32.5. The Morgan fingerprint density at radius 1 is 0.458 bits per heavy atom. The van der Waals surface area contributed by atoms with E-state index in [9.17, 15) is 0 Å². The minimum absolute atomic E-state index is 0.173. The summed E-state index contributed by atoms with van der Waals surface area (Å²) >= 11 is 0. The molecule has 0 fully saturated rings. The molecule has 0 aliphatic heterocycles. The Balaban J connectivity index is 1.03. The number of fused-ring (bicyclic) bond motifs is 13. The minimum Gasteiger partial charge on any atom is -0.456 e. The SMILES string of the molecule is CC1(C)c2cc3c(cc2-c2ccc4ccccc4c21)c1ccccc1n3-c1ccc(-c2nc(-c3ccc4oc5ccccc5c4c3)c3ccccc3n2)c2ccccc12. The normalized spacial score (nSPS) is 13.4. The fourth-order valence-electron chi connectivity index (χ4n) is 10.3. The molecule has 0 spiro atoms. The largest absolute Gasteiger partial charge is 0.456 e. The van der Waals surface area contributed by atoms with Gasteiger partial charge in [0.15, 0.2) is 5.82 Å². The standard InChI is InChI=1S/C55H35N3O/c1-55(2)45-31-49-43(30-42(45)39-25-23-32-13-3-4-14-34(32)52(39)55)37-17-8-11-21-47(37)58(49)48-27-26-40(35-15-5-6-16-36(35)48)54-56-46-20-10-7-19-41(46)53(57-54)33-24-28-51-44(29-33)38-18-9-12-22-50(38)59-51/h3-31H,1-2H3. The number of rotatable bonds is 3. The Bertz CT molecular complexity index is 3770. The third-order valence-corrected chi connectivity index (χ3v) is 13.0. The molecule has 0 amide bonds. The topological polar surface area (TPSA) is 43.9 Å². The molecule has 13 rings (SSSR count). The van der Waals surface area contributed by atoms with Crippen molar-refractivity contribution in [3.63, 3.8) is 0 Å². The molecule has 3 aromatic heterocycles. The second-order valence-electron chi connectivity index (χ2n) is 16.5. The summed E-state index contributed by atoms with van der Waals surface area (Å²) in [6.07, 6.45) is 0. The number of para-hydroxylation sites is 3. The summed E-state index contributed by atoms with van der Waals surface area (Å²) in [6.45, 7) is 4.78. The van der Waals surface area contributed by atoms with E-state index in [4.69, 9.17) is 14.4 Å². The van der Waals surface area contributed by atoms with E-state index in [0.29, 0.717) is 5.82 Å². The molecule has 1 aliphatic carbocycles. The first-order valence-electron chi connectivity index (χ1n) is 20.3. The van der Waals surface area contributed by atoms with Gasteiger partial charge in [-0.2, -0.15) is 0 Å². The summed E-state index contributed by atoms with van der Waals surface area (Å²) in [7, 11) is 0. The Morgan fingerprint density at radius 2 is 1.15 bits per heavy atom. The van der Waals surface area contributed by atoms with E-state index in [1.54, 1.807) is 0 Å². The van der Waals surface area contributed by atoms with Crippen LogP contribution in [0.3, 0.4) is 0 Å². The minimum atomic E-state index is -0.173. The van der Waals surface area contributed by atoms with Crippen molar-refractivity contribution in [3.8, 4) is 39.5 Å². The number of hydrogen-bond donors (Lipinski definition) is 0. The van der Waals surface area contributed by atoms with Crippen LogP contribution in [0.25, 0.3) is 116 Å². The molecule has 1 aliphatic rings. The molecule has 0 unspecified atom stereocenters. The highest BCUT2D eigenvalue weighted by Crippen LogP contribution is 2.53. The predicted octanol–water partition coefficient (Wildman–Crippen LogP) is 14.6. The maximum atomic E-state index is 6.19. The number of hydrogen-bond acceptors (Lipinski definition) is 3. The molecular formula is C55H35N3O. The van der Waals surface area contributed by atoms with Gasteiger partial charge in [-0.05, 0) is 99.1 Å². The van der Waals surface area contributed by atoms with Gasteiger partial charge in [0.25, 0.3) is 0 Å². The van der Waals surface area contributed by atoms with Crippen LogP contribution in [0.1, 0.15) is 25.0 Å². The lowest BCUT2D eigenvalue weighted by atomic mass is 9.80. The molecule has 276 valence electrons. The summed E-state index contributed by atoms with van der Waals surface area (Å²) in [5.74, 6) is 0.699. The molecule has 0 radical (unpaired) electrons. The molecule has 3 heterocycles. The third kappa shape index (κ3) is 4.49. The van der Waals surface area contributed by atoms with Crippen LogP contribution in [0, 0.1) is 0 Å². The number of benzene rings is 9. The molecular weight excluding hydrogens is 719 g/mol. The molecule has 12 aromatic rings. The fraction of sp³-hybridized carbons (Fsp3) is 0.0545. The van der Waals surface area contributed by atoms with Crippen LogP contribution in [-0.2, 0) is 5.41 Å². The molecule has 4 heteroatoms. The quantitative estimate of drug-likeness (QED) is 0.180. The van der Waals surface area contributed by atoms with Crippen molar-refractivity contribution in [2.45, 2.75) is 19.3 Å². The Morgan fingerprint density at radius 3 is 2.03 bits per heavy atom. The lowest BCUT2D eigenvalue weighted by molar-refractivity contribution is 0.667. The van der Waals surface area contributed by atoms with Crippen molar-refractivity contribution in [1.82, 2.24) is 14.5 Å². The summed E-state index contributed by atoms with van der Waals surface area (Å²) < 4.78 is 8.67. The van der Waals surface area contributed by atoms with E-state index in [2.05, 4.69) is 182 Å². The fourth-order valence-corrected chi connectivity index (χ4v) is 10.3. The molecule has 9 aromatic carbocycles. The van der Waals surface area contributed by atoms with E-state index in [-0.39, 0.29) is 5.41 Å². The second-order valence-corrected chi connectivity index (χ2v) is 16.5. The zero-order chi connectivity index (χ0) is 39.0.